The molecule has 3 rings (SSSR count). The van der Waals surface area contributed by atoms with Gasteiger partial charge in [-0.25, -0.2) is 4.68 Å². The van der Waals surface area contributed by atoms with Crippen LogP contribution in [0.15, 0.2) is 53.3 Å². The van der Waals surface area contributed by atoms with Crippen molar-refractivity contribution < 1.29 is 9.59 Å². The van der Waals surface area contributed by atoms with E-state index in [9.17, 15) is 14.4 Å². The second-order valence-corrected chi connectivity index (χ2v) is 7.78. The summed E-state index contributed by atoms with van der Waals surface area (Å²) in [6.07, 6.45) is 0. The number of fused-ring (bicyclic) bond motifs is 1. The lowest BCUT2D eigenvalue weighted by atomic mass is 10.1. The third kappa shape index (κ3) is 5.03. The van der Waals surface area contributed by atoms with Crippen LogP contribution in [-0.2, 0) is 13.1 Å². The molecule has 1 heterocycles. The first-order chi connectivity index (χ1) is 15.3. The zero-order chi connectivity index (χ0) is 23.3. The van der Waals surface area contributed by atoms with E-state index in [1.807, 2.05) is 12.1 Å². The Morgan fingerprint density at radius 1 is 0.969 bits per heavy atom. The molecule has 0 aliphatic rings. The van der Waals surface area contributed by atoms with Gasteiger partial charge in [-0.05, 0) is 51.1 Å². The van der Waals surface area contributed by atoms with Gasteiger partial charge in [0.05, 0.1) is 5.39 Å². The Morgan fingerprint density at radius 3 is 2.19 bits per heavy atom. The highest BCUT2D eigenvalue weighted by atomic mass is 16.2. The van der Waals surface area contributed by atoms with Crippen molar-refractivity contribution in [1.82, 2.24) is 25.5 Å². The van der Waals surface area contributed by atoms with E-state index in [1.54, 1.807) is 43.3 Å². The molecule has 8 nitrogen and oxygen atoms in total. The molecule has 0 saturated carbocycles. The standard InChI is InChI=1S/C24H29N5O3/c1-5-28(16(3)4)15-17-11-13-18(14-12-17)22(30)25-26-23(31)21-19-9-7-8-10-20(19)24(32)29(6-2)27-21/h7-14,16H,5-6,15H2,1-4H3,(H,25,30)(H,26,31). The smallest absolute Gasteiger partial charge is 0.290 e. The number of hydrogen-bond acceptors (Lipinski definition) is 5. The summed E-state index contributed by atoms with van der Waals surface area (Å²) in [5, 5.41) is 5.00. The SMILES string of the molecule is CCN(Cc1ccc(C(=O)NNC(=O)c2nn(CC)c(=O)c3ccccc23)cc1)C(C)C. The molecule has 2 N–H and O–H groups in total. The first-order valence-electron chi connectivity index (χ1n) is 10.8. The molecule has 0 atom stereocenters. The summed E-state index contributed by atoms with van der Waals surface area (Å²) < 4.78 is 1.23. The van der Waals surface area contributed by atoms with Gasteiger partial charge in [-0.3, -0.25) is 30.1 Å². The van der Waals surface area contributed by atoms with Gasteiger partial charge < -0.3 is 0 Å². The maximum atomic E-state index is 12.7. The molecule has 2 amide bonds. The Bertz CT molecular complexity index is 1170. The first kappa shape index (κ1) is 23.1. The van der Waals surface area contributed by atoms with Gasteiger partial charge in [0.15, 0.2) is 5.69 Å². The van der Waals surface area contributed by atoms with E-state index in [2.05, 4.69) is 41.6 Å². The highest BCUT2D eigenvalue weighted by Gasteiger charge is 2.17. The van der Waals surface area contributed by atoms with E-state index in [-0.39, 0.29) is 11.3 Å². The third-order valence-corrected chi connectivity index (χ3v) is 5.41. The van der Waals surface area contributed by atoms with Crippen LogP contribution >= 0.6 is 0 Å². The highest BCUT2D eigenvalue weighted by molar-refractivity contribution is 6.06. The number of nitrogens with one attached hydrogen (secondary N) is 2. The van der Waals surface area contributed by atoms with Crippen molar-refractivity contribution in [1.29, 1.82) is 0 Å². The van der Waals surface area contributed by atoms with Gasteiger partial charge in [0.25, 0.3) is 17.4 Å². The fourth-order valence-electron chi connectivity index (χ4n) is 3.52. The number of carbonyl (C=O) groups is 2. The largest absolute Gasteiger partial charge is 0.297 e. The molecule has 0 radical (unpaired) electrons. The van der Waals surface area contributed by atoms with Crippen LogP contribution in [0, 0.1) is 0 Å². The van der Waals surface area contributed by atoms with Crippen LogP contribution in [0.4, 0.5) is 0 Å². The molecular weight excluding hydrogens is 406 g/mol. The highest BCUT2D eigenvalue weighted by Crippen LogP contribution is 2.13. The van der Waals surface area contributed by atoms with E-state index in [0.29, 0.717) is 28.9 Å². The Morgan fingerprint density at radius 2 is 1.59 bits per heavy atom. The maximum Gasteiger partial charge on any atom is 0.290 e. The number of hydrogen-bond donors (Lipinski definition) is 2. The summed E-state index contributed by atoms with van der Waals surface area (Å²) in [5.41, 5.74) is 6.19. The molecule has 32 heavy (non-hydrogen) atoms. The Balaban J connectivity index is 1.71. The van der Waals surface area contributed by atoms with Crippen LogP contribution in [0.5, 0.6) is 0 Å². The molecule has 2 aromatic carbocycles. The monoisotopic (exact) mass is 435 g/mol. The molecular formula is C24H29N5O3. The lowest BCUT2D eigenvalue weighted by Gasteiger charge is -2.24. The third-order valence-electron chi connectivity index (χ3n) is 5.41. The second-order valence-electron chi connectivity index (χ2n) is 7.78. The molecule has 0 bridgehead atoms. The number of rotatable bonds is 7. The molecule has 1 aromatic heterocycles. The summed E-state index contributed by atoms with van der Waals surface area (Å²) in [6.45, 7) is 10.3. The molecule has 0 unspecified atom stereocenters. The van der Waals surface area contributed by atoms with Gasteiger partial charge in [-0.1, -0.05) is 37.3 Å². The van der Waals surface area contributed by atoms with Crippen LogP contribution in [0.1, 0.15) is 54.1 Å². The molecule has 8 heteroatoms. The van der Waals surface area contributed by atoms with Crippen molar-refractivity contribution in [3.63, 3.8) is 0 Å². The topological polar surface area (TPSA) is 96.3 Å². The van der Waals surface area contributed by atoms with Crippen LogP contribution < -0.4 is 16.4 Å². The molecule has 0 spiro atoms. The summed E-state index contributed by atoms with van der Waals surface area (Å²) in [7, 11) is 0. The second kappa shape index (κ2) is 10.2. The van der Waals surface area contributed by atoms with Crippen LogP contribution in [0.3, 0.4) is 0 Å². The molecule has 168 valence electrons. The van der Waals surface area contributed by atoms with Crippen LogP contribution in [0.2, 0.25) is 0 Å². The minimum atomic E-state index is -0.594. The molecule has 0 fully saturated rings. The van der Waals surface area contributed by atoms with Crippen molar-refractivity contribution in [3.8, 4) is 0 Å². The van der Waals surface area contributed by atoms with Crippen molar-refractivity contribution in [3.05, 3.63) is 75.7 Å². The lowest BCUT2D eigenvalue weighted by molar-refractivity contribution is 0.0843. The number of benzene rings is 2. The Labute approximate surface area is 187 Å². The Hall–Kier alpha value is -3.52. The number of carbonyl (C=O) groups excluding carboxylic acids is 2. The van der Waals surface area contributed by atoms with Crippen molar-refractivity contribution in [2.75, 3.05) is 6.54 Å². The molecule has 0 aliphatic carbocycles. The minimum Gasteiger partial charge on any atom is -0.297 e. The van der Waals surface area contributed by atoms with E-state index < -0.39 is 11.8 Å². The number of hydrazine groups is 1. The minimum absolute atomic E-state index is 0.0750. The maximum absolute atomic E-state index is 12.7. The predicted molar refractivity (Wildman–Crippen MR) is 124 cm³/mol. The van der Waals surface area contributed by atoms with Crippen LogP contribution in [0.25, 0.3) is 10.8 Å². The van der Waals surface area contributed by atoms with Gasteiger partial charge in [0.1, 0.15) is 0 Å². The van der Waals surface area contributed by atoms with E-state index >= 15 is 0 Å². The quantitative estimate of drug-likeness (QED) is 0.557. The van der Waals surface area contributed by atoms with Gasteiger partial charge in [-0.15, -0.1) is 0 Å². The molecule has 0 saturated heterocycles. The van der Waals surface area contributed by atoms with Crippen molar-refractivity contribution >= 4 is 22.6 Å². The fraction of sp³-hybridized carbons (Fsp3) is 0.333. The number of aryl methyl sites for hydroxylation is 1. The number of aromatic nitrogens is 2. The summed E-state index contributed by atoms with van der Waals surface area (Å²) in [6, 6.07) is 14.5. The first-order valence-corrected chi connectivity index (χ1v) is 10.8. The van der Waals surface area contributed by atoms with Crippen molar-refractivity contribution in [2.24, 2.45) is 0 Å². The van der Waals surface area contributed by atoms with E-state index in [0.717, 1.165) is 18.7 Å². The number of nitrogens with zero attached hydrogens (tertiary/aromatic N) is 3. The van der Waals surface area contributed by atoms with Gasteiger partial charge in [0.2, 0.25) is 0 Å². The number of amides is 2. The predicted octanol–water partition coefficient (Wildman–Crippen LogP) is 2.72. The van der Waals surface area contributed by atoms with E-state index in [1.165, 1.54) is 4.68 Å². The summed E-state index contributed by atoms with van der Waals surface area (Å²) in [5.74, 6) is -1.03. The fourth-order valence-corrected chi connectivity index (χ4v) is 3.52. The lowest BCUT2D eigenvalue weighted by Crippen LogP contribution is -2.42. The Kier molecular flexibility index (Phi) is 7.37. The van der Waals surface area contributed by atoms with Crippen molar-refractivity contribution in [2.45, 2.75) is 46.8 Å². The van der Waals surface area contributed by atoms with Gasteiger partial charge in [0, 0.05) is 30.1 Å². The molecule has 3 aromatic rings. The zero-order valence-electron chi connectivity index (χ0n) is 18.9. The summed E-state index contributed by atoms with van der Waals surface area (Å²) in [4.78, 5) is 40.0. The average Bonchev–Trinajstić information content (AvgIpc) is 2.81. The molecule has 0 aliphatic heterocycles. The van der Waals surface area contributed by atoms with Crippen LogP contribution in [-0.4, -0.2) is 39.1 Å². The summed E-state index contributed by atoms with van der Waals surface area (Å²) >= 11 is 0. The zero-order valence-corrected chi connectivity index (χ0v) is 18.9. The average molecular weight is 436 g/mol. The van der Waals surface area contributed by atoms with Gasteiger partial charge >= 0.3 is 0 Å². The van der Waals surface area contributed by atoms with Gasteiger partial charge in [-0.2, -0.15) is 5.10 Å². The normalized spacial score (nSPS) is 11.2. The van der Waals surface area contributed by atoms with E-state index in [4.69, 9.17) is 0 Å².